The van der Waals surface area contributed by atoms with Crippen molar-refractivity contribution < 1.29 is 14.0 Å². The number of fused-ring (bicyclic) bond motifs is 1. The Morgan fingerprint density at radius 1 is 1.00 bits per heavy atom. The molecular formula is C22H23FN2O2. The van der Waals surface area contributed by atoms with E-state index in [-0.39, 0.29) is 17.6 Å². The first kappa shape index (κ1) is 17.7. The number of nitrogens with zero attached hydrogens (tertiary/aromatic N) is 2. The van der Waals surface area contributed by atoms with Gasteiger partial charge in [-0.3, -0.25) is 14.5 Å². The largest absolute Gasteiger partial charge is 0.371 e. The van der Waals surface area contributed by atoms with Crippen molar-refractivity contribution in [1.82, 2.24) is 4.90 Å². The lowest BCUT2D eigenvalue weighted by molar-refractivity contribution is 0.0654. The zero-order valence-electron chi connectivity index (χ0n) is 15.5. The van der Waals surface area contributed by atoms with Gasteiger partial charge in [-0.2, -0.15) is 0 Å². The molecule has 5 heteroatoms. The Bertz CT molecular complexity index is 870. The average Bonchev–Trinajstić information content (AvgIpc) is 2.94. The van der Waals surface area contributed by atoms with Crippen LogP contribution in [-0.4, -0.2) is 36.3 Å². The van der Waals surface area contributed by atoms with Crippen molar-refractivity contribution in [3.8, 4) is 0 Å². The Kier molecular flexibility index (Phi) is 4.68. The molecule has 140 valence electrons. The number of piperidine rings is 1. The van der Waals surface area contributed by atoms with E-state index in [0.29, 0.717) is 23.6 Å². The van der Waals surface area contributed by atoms with E-state index in [4.69, 9.17) is 0 Å². The van der Waals surface area contributed by atoms with E-state index in [1.54, 1.807) is 6.07 Å². The Labute approximate surface area is 158 Å². The van der Waals surface area contributed by atoms with E-state index in [9.17, 15) is 14.0 Å². The van der Waals surface area contributed by atoms with Crippen molar-refractivity contribution in [3.05, 3.63) is 65.0 Å². The van der Waals surface area contributed by atoms with Crippen molar-refractivity contribution in [2.24, 2.45) is 0 Å². The third kappa shape index (κ3) is 3.11. The standard InChI is InChI=1S/C22H23FN2O2/c1-2-12-25-21(26)18-4-3-5-19(20(18)22(25)27)24-13-10-16(11-14-24)15-6-8-17(23)9-7-15/h3-9,16H,2,10-14H2,1H3. The highest BCUT2D eigenvalue weighted by molar-refractivity contribution is 6.23. The fraction of sp³-hybridized carbons (Fsp3) is 0.364. The zero-order valence-corrected chi connectivity index (χ0v) is 15.5. The van der Waals surface area contributed by atoms with Crippen LogP contribution in [0.15, 0.2) is 42.5 Å². The molecule has 0 N–H and O–H groups in total. The van der Waals surface area contributed by atoms with Gasteiger partial charge in [0.2, 0.25) is 0 Å². The average molecular weight is 366 g/mol. The Hall–Kier alpha value is -2.69. The molecule has 2 aromatic rings. The second kappa shape index (κ2) is 7.14. The minimum absolute atomic E-state index is 0.173. The molecule has 0 saturated carbocycles. The lowest BCUT2D eigenvalue weighted by Gasteiger charge is -2.34. The summed E-state index contributed by atoms with van der Waals surface area (Å²) in [6.07, 6.45) is 2.64. The summed E-state index contributed by atoms with van der Waals surface area (Å²) in [6.45, 7) is 4.05. The third-order valence-corrected chi connectivity index (χ3v) is 5.60. The van der Waals surface area contributed by atoms with Gasteiger partial charge in [-0.1, -0.05) is 25.1 Å². The van der Waals surface area contributed by atoms with Crippen LogP contribution in [0.4, 0.5) is 10.1 Å². The van der Waals surface area contributed by atoms with Crippen molar-refractivity contribution in [1.29, 1.82) is 0 Å². The number of hydrogen-bond acceptors (Lipinski definition) is 3. The maximum Gasteiger partial charge on any atom is 0.263 e. The molecule has 0 unspecified atom stereocenters. The first-order valence-corrected chi connectivity index (χ1v) is 9.59. The number of hydrogen-bond donors (Lipinski definition) is 0. The summed E-state index contributed by atoms with van der Waals surface area (Å²) in [5.41, 5.74) is 3.10. The van der Waals surface area contributed by atoms with E-state index in [0.717, 1.165) is 43.6 Å². The minimum Gasteiger partial charge on any atom is -0.371 e. The fourth-order valence-electron chi connectivity index (χ4n) is 4.19. The molecule has 2 aliphatic rings. The molecule has 0 aliphatic carbocycles. The van der Waals surface area contributed by atoms with Crippen LogP contribution in [0.1, 0.15) is 58.4 Å². The third-order valence-electron chi connectivity index (χ3n) is 5.60. The van der Waals surface area contributed by atoms with Crippen LogP contribution in [0.25, 0.3) is 0 Å². The summed E-state index contributed by atoms with van der Waals surface area (Å²) in [6, 6.07) is 12.3. The maximum atomic E-state index is 13.1. The second-order valence-electron chi connectivity index (χ2n) is 7.27. The summed E-state index contributed by atoms with van der Waals surface area (Å²) in [7, 11) is 0. The lowest BCUT2D eigenvalue weighted by Crippen LogP contribution is -2.34. The molecule has 2 aromatic carbocycles. The molecule has 1 fully saturated rings. The lowest BCUT2D eigenvalue weighted by atomic mass is 9.89. The molecule has 0 radical (unpaired) electrons. The number of carbonyl (C=O) groups is 2. The van der Waals surface area contributed by atoms with E-state index in [2.05, 4.69) is 4.90 Å². The van der Waals surface area contributed by atoms with Crippen molar-refractivity contribution in [3.63, 3.8) is 0 Å². The van der Waals surface area contributed by atoms with Gasteiger partial charge in [0.1, 0.15) is 5.82 Å². The van der Waals surface area contributed by atoms with E-state index < -0.39 is 0 Å². The predicted octanol–water partition coefficient (Wildman–Crippen LogP) is 4.22. The monoisotopic (exact) mass is 366 g/mol. The first-order valence-electron chi connectivity index (χ1n) is 9.59. The van der Waals surface area contributed by atoms with Gasteiger partial charge in [-0.05, 0) is 55.0 Å². The normalized spacial score (nSPS) is 17.6. The van der Waals surface area contributed by atoms with Crippen LogP contribution in [0.5, 0.6) is 0 Å². The molecule has 2 aliphatic heterocycles. The quantitative estimate of drug-likeness (QED) is 0.761. The van der Waals surface area contributed by atoms with Gasteiger partial charge in [0.25, 0.3) is 11.8 Å². The fourth-order valence-corrected chi connectivity index (χ4v) is 4.19. The predicted molar refractivity (Wildman–Crippen MR) is 103 cm³/mol. The Balaban J connectivity index is 1.54. The van der Waals surface area contributed by atoms with E-state index in [1.807, 2.05) is 31.2 Å². The van der Waals surface area contributed by atoms with Gasteiger partial charge in [-0.25, -0.2) is 4.39 Å². The smallest absolute Gasteiger partial charge is 0.263 e. The van der Waals surface area contributed by atoms with Crippen molar-refractivity contribution in [2.45, 2.75) is 32.1 Å². The number of halogens is 1. The van der Waals surface area contributed by atoms with Crippen molar-refractivity contribution in [2.75, 3.05) is 24.5 Å². The van der Waals surface area contributed by atoms with Crippen LogP contribution in [0.2, 0.25) is 0 Å². The number of rotatable bonds is 4. The highest BCUT2D eigenvalue weighted by Gasteiger charge is 2.38. The van der Waals surface area contributed by atoms with Crippen molar-refractivity contribution >= 4 is 17.5 Å². The number of imide groups is 1. The molecule has 1 saturated heterocycles. The Morgan fingerprint density at radius 3 is 2.37 bits per heavy atom. The van der Waals surface area contributed by atoms with Gasteiger partial charge in [-0.15, -0.1) is 0 Å². The molecule has 4 rings (SSSR count). The van der Waals surface area contributed by atoms with E-state index in [1.165, 1.54) is 17.0 Å². The van der Waals surface area contributed by atoms with Crippen LogP contribution >= 0.6 is 0 Å². The van der Waals surface area contributed by atoms with Gasteiger partial charge in [0.05, 0.1) is 16.8 Å². The molecule has 0 aromatic heterocycles. The molecule has 2 heterocycles. The minimum atomic E-state index is -0.212. The summed E-state index contributed by atoms with van der Waals surface area (Å²) < 4.78 is 13.1. The van der Waals surface area contributed by atoms with Gasteiger partial charge < -0.3 is 4.90 Å². The van der Waals surface area contributed by atoms with Crippen LogP contribution < -0.4 is 4.90 Å². The molecule has 27 heavy (non-hydrogen) atoms. The molecule has 2 amide bonds. The van der Waals surface area contributed by atoms with Gasteiger partial charge in [0, 0.05) is 19.6 Å². The first-order chi connectivity index (χ1) is 13.1. The summed E-state index contributed by atoms with van der Waals surface area (Å²) in [5, 5.41) is 0. The Morgan fingerprint density at radius 2 is 1.70 bits per heavy atom. The number of carbonyl (C=O) groups excluding carboxylic acids is 2. The summed E-state index contributed by atoms with van der Waals surface area (Å²) in [5.74, 6) is -0.170. The number of amides is 2. The molecule has 4 nitrogen and oxygen atoms in total. The summed E-state index contributed by atoms with van der Waals surface area (Å²) >= 11 is 0. The molecule has 0 spiro atoms. The molecular weight excluding hydrogens is 343 g/mol. The highest BCUT2D eigenvalue weighted by Crippen LogP contribution is 2.36. The second-order valence-corrected chi connectivity index (χ2v) is 7.27. The van der Waals surface area contributed by atoms with Crippen LogP contribution in [-0.2, 0) is 0 Å². The van der Waals surface area contributed by atoms with Gasteiger partial charge >= 0.3 is 0 Å². The zero-order chi connectivity index (χ0) is 19.0. The molecule has 0 bridgehead atoms. The van der Waals surface area contributed by atoms with E-state index >= 15 is 0 Å². The molecule has 0 atom stereocenters. The van der Waals surface area contributed by atoms with Crippen LogP contribution in [0.3, 0.4) is 0 Å². The highest BCUT2D eigenvalue weighted by atomic mass is 19.1. The summed E-state index contributed by atoms with van der Waals surface area (Å²) in [4.78, 5) is 28.9. The van der Waals surface area contributed by atoms with Gasteiger partial charge in [0.15, 0.2) is 0 Å². The maximum absolute atomic E-state index is 13.1. The van der Waals surface area contributed by atoms with Crippen LogP contribution in [0, 0.1) is 5.82 Å². The SMILES string of the molecule is CCCN1C(=O)c2cccc(N3CCC(c4ccc(F)cc4)CC3)c2C1=O. The topological polar surface area (TPSA) is 40.6 Å². The number of benzene rings is 2. The number of anilines is 1.